The number of nitrogens with one attached hydrogen (secondary N) is 1. The maximum Gasteiger partial charge on any atom is 0.303 e. The summed E-state index contributed by atoms with van der Waals surface area (Å²) < 4.78 is 3.13. The van der Waals surface area contributed by atoms with Gasteiger partial charge in [-0.3, -0.25) is 4.79 Å². The van der Waals surface area contributed by atoms with Gasteiger partial charge in [0, 0.05) is 24.0 Å². The van der Waals surface area contributed by atoms with Crippen molar-refractivity contribution in [3.8, 4) is 0 Å². The van der Waals surface area contributed by atoms with E-state index >= 15 is 0 Å². The number of aromatic nitrogens is 4. The van der Waals surface area contributed by atoms with Gasteiger partial charge in [0.2, 0.25) is 0 Å². The summed E-state index contributed by atoms with van der Waals surface area (Å²) >= 11 is 3.52. The van der Waals surface area contributed by atoms with Crippen molar-refractivity contribution in [1.29, 1.82) is 0 Å². The molecule has 1 atom stereocenters. The van der Waals surface area contributed by atoms with E-state index in [1.54, 1.807) is 0 Å². The van der Waals surface area contributed by atoms with E-state index in [1.807, 2.05) is 4.68 Å². The van der Waals surface area contributed by atoms with E-state index in [4.69, 9.17) is 5.11 Å². The number of hydrogen-bond acceptors (Lipinski definition) is 5. The molecule has 0 aliphatic heterocycles. The van der Waals surface area contributed by atoms with Crippen LogP contribution in [0.4, 0.5) is 0 Å². The summed E-state index contributed by atoms with van der Waals surface area (Å²) in [7, 11) is 0. The molecular weight excluding hydrogens is 494 g/mol. The summed E-state index contributed by atoms with van der Waals surface area (Å²) in [5.41, 5.74) is 1.27. The molecule has 1 heterocycles. The molecule has 3 rings (SSSR count). The lowest BCUT2D eigenvalue weighted by molar-refractivity contribution is -0.137. The minimum absolute atomic E-state index is 0.185. The second-order valence-corrected chi connectivity index (χ2v) is 10.5. The summed E-state index contributed by atoms with van der Waals surface area (Å²) in [6, 6.07) is 8.68. The molecule has 1 aliphatic rings. The number of aliphatic carboxylic acids is 1. The third-order valence-electron chi connectivity index (χ3n) is 6.91. The van der Waals surface area contributed by atoms with E-state index in [0.717, 1.165) is 49.1 Å². The van der Waals surface area contributed by atoms with Crippen molar-refractivity contribution in [2.24, 2.45) is 5.92 Å². The maximum absolute atomic E-state index is 10.6. The summed E-state index contributed by atoms with van der Waals surface area (Å²) in [6.07, 6.45) is 15.5. The molecule has 2 N–H and O–H groups in total. The molecule has 1 aliphatic carbocycles. The third-order valence-corrected chi connectivity index (χ3v) is 7.44. The Hall–Kier alpha value is -1.80. The third kappa shape index (κ3) is 9.45. The first-order valence-electron chi connectivity index (χ1n) is 13.1. The van der Waals surface area contributed by atoms with Crippen molar-refractivity contribution < 1.29 is 9.90 Å². The van der Waals surface area contributed by atoms with Crippen LogP contribution in [-0.4, -0.2) is 31.3 Å². The van der Waals surface area contributed by atoms with Crippen LogP contribution in [0.2, 0.25) is 0 Å². The van der Waals surface area contributed by atoms with Crippen LogP contribution in [0.5, 0.6) is 0 Å². The number of hydrogen-bond donors (Lipinski definition) is 2. The first-order valence-corrected chi connectivity index (χ1v) is 13.9. The summed E-state index contributed by atoms with van der Waals surface area (Å²) in [4.78, 5) is 10.6. The normalized spacial score (nSPS) is 15.4. The number of aryl methyl sites for hydroxylation is 1. The molecule has 1 aromatic heterocycles. The summed E-state index contributed by atoms with van der Waals surface area (Å²) in [5, 5.41) is 25.4. The van der Waals surface area contributed by atoms with Crippen LogP contribution >= 0.6 is 15.9 Å². The maximum atomic E-state index is 10.6. The monoisotopic (exact) mass is 533 g/mol. The minimum Gasteiger partial charge on any atom is -0.481 e. The smallest absolute Gasteiger partial charge is 0.303 e. The van der Waals surface area contributed by atoms with Crippen molar-refractivity contribution in [3.05, 3.63) is 40.1 Å². The van der Waals surface area contributed by atoms with E-state index in [9.17, 15) is 4.79 Å². The lowest BCUT2D eigenvalue weighted by Gasteiger charge is -2.30. The largest absolute Gasteiger partial charge is 0.481 e. The van der Waals surface area contributed by atoms with Crippen LogP contribution in [0.25, 0.3) is 0 Å². The van der Waals surface area contributed by atoms with Crippen LogP contribution in [0.3, 0.4) is 0 Å². The fourth-order valence-corrected chi connectivity index (χ4v) is 5.22. The first kappa shape index (κ1) is 26.8. The van der Waals surface area contributed by atoms with Gasteiger partial charge in [-0.1, -0.05) is 85.9 Å². The van der Waals surface area contributed by atoms with Crippen molar-refractivity contribution in [3.63, 3.8) is 0 Å². The molecule has 1 fully saturated rings. The Labute approximate surface area is 212 Å². The summed E-state index contributed by atoms with van der Waals surface area (Å²) in [6.45, 7) is 1.68. The number of nitrogens with zero attached hydrogens (tertiary/aromatic N) is 4. The Morgan fingerprint density at radius 1 is 1.00 bits per heavy atom. The molecule has 1 aromatic carbocycles. The number of unbranched alkanes of at least 4 members (excludes halogenated alkanes) is 7. The van der Waals surface area contributed by atoms with Crippen molar-refractivity contribution in [1.82, 2.24) is 25.5 Å². The van der Waals surface area contributed by atoms with Gasteiger partial charge >= 0.3 is 5.97 Å². The molecular formula is C26H40BrN5O2. The van der Waals surface area contributed by atoms with Crippen molar-refractivity contribution in [2.75, 3.05) is 0 Å². The topological polar surface area (TPSA) is 92.9 Å². The second-order valence-electron chi connectivity index (χ2n) is 9.62. The predicted molar refractivity (Wildman–Crippen MR) is 137 cm³/mol. The quantitative estimate of drug-likeness (QED) is 0.241. The lowest BCUT2D eigenvalue weighted by Crippen LogP contribution is -2.32. The van der Waals surface area contributed by atoms with E-state index in [-0.39, 0.29) is 6.04 Å². The van der Waals surface area contributed by atoms with Crippen molar-refractivity contribution >= 4 is 21.9 Å². The van der Waals surface area contributed by atoms with E-state index < -0.39 is 5.97 Å². The number of rotatable bonds is 16. The van der Waals surface area contributed by atoms with Gasteiger partial charge < -0.3 is 10.4 Å². The van der Waals surface area contributed by atoms with Gasteiger partial charge in [-0.2, -0.15) is 0 Å². The molecule has 1 unspecified atom stereocenters. The number of benzene rings is 1. The van der Waals surface area contributed by atoms with E-state index in [2.05, 4.69) is 61.0 Å². The van der Waals surface area contributed by atoms with Crippen molar-refractivity contribution in [2.45, 2.75) is 109 Å². The molecule has 0 saturated heterocycles. The molecule has 8 heteroatoms. The lowest BCUT2D eigenvalue weighted by atomic mass is 9.83. The van der Waals surface area contributed by atoms with Gasteiger partial charge in [-0.25, -0.2) is 4.68 Å². The summed E-state index contributed by atoms with van der Waals surface area (Å²) in [5.74, 6) is 0.883. The fourth-order valence-electron chi connectivity index (χ4n) is 4.96. The highest BCUT2D eigenvalue weighted by atomic mass is 79.9. The average Bonchev–Trinajstić information content (AvgIpc) is 3.30. The highest BCUT2D eigenvalue weighted by Crippen LogP contribution is 2.34. The number of carboxylic acid groups (broad SMARTS) is 1. The zero-order chi connectivity index (χ0) is 24.0. The molecule has 188 valence electrons. The van der Waals surface area contributed by atoms with Gasteiger partial charge in [0.1, 0.15) is 0 Å². The Kier molecular flexibility index (Phi) is 12.0. The van der Waals surface area contributed by atoms with E-state index in [1.165, 1.54) is 63.4 Å². The highest BCUT2D eigenvalue weighted by molar-refractivity contribution is 9.10. The Balaban J connectivity index is 1.45. The van der Waals surface area contributed by atoms with Gasteiger partial charge in [0.05, 0.1) is 6.04 Å². The second kappa shape index (κ2) is 15.2. The highest BCUT2D eigenvalue weighted by Gasteiger charge is 2.29. The average molecular weight is 535 g/mol. The molecule has 0 bridgehead atoms. The first-order chi connectivity index (χ1) is 16.6. The van der Waals surface area contributed by atoms with Gasteiger partial charge in [0.15, 0.2) is 5.82 Å². The van der Waals surface area contributed by atoms with Crippen LogP contribution in [0.15, 0.2) is 28.7 Å². The zero-order valence-corrected chi connectivity index (χ0v) is 21.9. The molecule has 7 nitrogen and oxygen atoms in total. The van der Waals surface area contributed by atoms with E-state index in [0.29, 0.717) is 12.3 Å². The zero-order valence-electron chi connectivity index (χ0n) is 20.3. The van der Waals surface area contributed by atoms with Crippen LogP contribution in [0.1, 0.15) is 107 Å². The van der Waals surface area contributed by atoms with Gasteiger partial charge in [0.25, 0.3) is 0 Å². The van der Waals surface area contributed by atoms with Gasteiger partial charge in [-0.05, 0) is 59.7 Å². The van der Waals surface area contributed by atoms with Gasteiger partial charge in [-0.15, -0.1) is 5.10 Å². The number of tetrazole rings is 1. The van der Waals surface area contributed by atoms with Crippen LogP contribution in [-0.2, 0) is 17.9 Å². The molecule has 0 amide bonds. The van der Waals surface area contributed by atoms with Crippen LogP contribution < -0.4 is 5.32 Å². The molecule has 2 aromatic rings. The molecule has 34 heavy (non-hydrogen) atoms. The number of carboxylic acids is 1. The SMILES string of the molecule is O=C(O)CCCCCCCCCCn1nnnc1C(NCc1ccc(Br)cc1)C1CCCCC1. The predicted octanol–water partition coefficient (Wildman–Crippen LogP) is 6.44. The Morgan fingerprint density at radius 3 is 2.32 bits per heavy atom. The standard InChI is InChI=1S/C26H40BrN5O2/c27-23-17-15-21(16-18-23)20-28-25(22-12-8-7-9-13-22)26-29-30-31-32(26)19-11-6-4-2-1-3-5-10-14-24(33)34/h15-18,22,25,28H,1-14,19-20H2,(H,33,34). The number of carbonyl (C=O) groups is 1. The molecule has 0 radical (unpaired) electrons. The number of halogens is 1. The Morgan fingerprint density at radius 2 is 1.65 bits per heavy atom. The minimum atomic E-state index is -0.684. The van der Waals surface area contributed by atoms with Crippen LogP contribution in [0, 0.1) is 5.92 Å². The molecule has 0 spiro atoms. The Bertz CT molecular complexity index is 836. The fraction of sp³-hybridized carbons (Fsp3) is 0.692. The molecule has 1 saturated carbocycles.